The number of nitrogens with two attached hydrogens (primary N) is 1. The lowest BCUT2D eigenvalue weighted by Crippen LogP contribution is -1.99. The molecule has 1 heterocycles. The molecule has 0 unspecified atom stereocenters. The van der Waals surface area contributed by atoms with E-state index in [4.69, 9.17) is 5.73 Å². The zero-order chi connectivity index (χ0) is 13.9. The Hall–Kier alpha value is -2.62. The first-order valence-corrected chi connectivity index (χ1v) is 6.35. The number of nitrogens with zero attached hydrogens (tertiary/aromatic N) is 2. The van der Waals surface area contributed by atoms with Crippen molar-refractivity contribution in [1.29, 1.82) is 0 Å². The number of hydrogen-bond donors (Lipinski definition) is 1. The minimum atomic E-state index is -0.329. The van der Waals surface area contributed by atoms with Crippen molar-refractivity contribution in [3.8, 4) is 11.1 Å². The lowest BCUT2D eigenvalue weighted by molar-refractivity contribution is 0.632. The van der Waals surface area contributed by atoms with Crippen molar-refractivity contribution in [2.24, 2.45) is 0 Å². The van der Waals surface area contributed by atoms with Crippen LogP contribution >= 0.6 is 0 Å². The normalized spacial score (nSPS) is 10.7. The molecule has 3 rings (SSSR count). The summed E-state index contributed by atoms with van der Waals surface area (Å²) < 4.78 is 15.6. The predicted octanol–water partition coefficient (Wildman–Crippen LogP) is 3.32. The highest BCUT2D eigenvalue weighted by atomic mass is 19.1. The van der Waals surface area contributed by atoms with Gasteiger partial charge in [-0.15, -0.1) is 0 Å². The number of halogens is 1. The second-order valence-corrected chi connectivity index (χ2v) is 4.62. The Morgan fingerprint density at radius 2 is 1.85 bits per heavy atom. The summed E-state index contributed by atoms with van der Waals surface area (Å²) in [5.41, 5.74) is 8.50. The molecular weight excluding hydrogens is 253 g/mol. The molecule has 0 aliphatic rings. The van der Waals surface area contributed by atoms with Crippen LogP contribution in [-0.4, -0.2) is 9.78 Å². The maximum Gasteiger partial charge on any atom is 0.133 e. The molecule has 0 bridgehead atoms. The van der Waals surface area contributed by atoms with Crippen LogP contribution in [0.3, 0.4) is 0 Å². The third-order valence-corrected chi connectivity index (χ3v) is 3.16. The van der Waals surface area contributed by atoms with Gasteiger partial charge in [-0.1, -0.05) is 36.4 Å². The zero-order valence-electron chi connectivity index (χ0n) is 10.8. The molecule has 0 amide bonds. The van der Waals surface area contributed by atoms with Gasteiger partial charge in [0.15, 0.2) is 0 Å². The molecule has 20 heavy (non-hydrogen) atoms. The average Bonchev–Trinajstić information content (AvgIpc) is 2.88. The first kappa shape index (κ1) is 12.4. The second kappa shape index (κ2) is 5.17. The van der Waals surface area contributed by atoms with Crippen molar-refractivity contribution in [1.82, 2.24) is 9.78 Å². The summed E-state index contributed by atoms with van der Waals surface area (Å²) in [5.74, 6) is -0.329. The van der Waals surface area contributed by atoms with Crippen LogP contribution < -0.4 is 5.73 Å². The second-order valence-electron chi connectivity index (χ2n) is 4.62. The zero-order valence-corrected chi connectivity index (χ0v) is 10.8. The number of anilines is 1. The summed E-state index contributed by atoms with van der Waals surface area (Å²) in [5, 5.41) is 4.26. The molecule has 0 fully saturated rings. The van der Waals surface area contributed by atoms with Crippen LogP contribution in [0.15, 0.2) is 60.9 Å². The van der Waals surface area contributed by atoms with Gasteiger partial charge in [-0.05, 0) is 17.7 Å². The molecule has 0 aliphatic heterocycles. The lowest BCUT2D eigenvalue weighted by atomic mass is 10.1. The minimum absolute atomic E-state index is 0.329. The third-order valence-electron chi connectivity index (χ3n) is 3.16. The highest BCUT2D eigenvalue weighted by Gasteiger charge is 2.10. The minimum Gasteiger partial charge on any atom is -0.398 e. The summed E-state index contributed by atoms with van der Waals surface area (Å²) >= 11 is 0. The fraction of sp³-hybridized carbons (Fsp3) is 0.0625. The van der Waals surface area contributed by atoms with Gasteiger partial charge in [-0.3, -0.25) is 4.68 Å². The maximum atomic E-state index is 13.9. The van der Waals surface area contributed by atoms with E-state index in [1.807, 2.05) is 36.5 Å². The molecule has 3 nitrogen and oxygen atoms in total. The molecule has 0 radical (unpaired) electrons. The Morgan fingerprint density at radius 3 is 2.60 bits per heavy atom. The van der Waals surface area contributed by atoms with Crippen LogP contribution in [-0.2, 0) is 6.54 Å². The summed E-state index contributed by atoms with van der Waals surface area (Å²) in [7, 11) is 0. The molecule has 100 valence electrons. The number of rotatable bonds is 3. The van der Waals surface area contributed by atoms with Crippen molar-refractivity contribution >= 4 is 5.69 Å². The Bertz CT molecular complexity index is 699. The Labute approximate surface area is 116 Å². The van der Waals surface area contributed by atoms with Gasteiger partial charge in [0.05, 0.1) is 12.7 Å². The Kier molecular flexibility index (Phi) is 3.21. The van der Waals surface area contributed by atoms with Gasteiger partial charge in [0, 0.05) is 23.0 Å². The summed E-state index contributed by atoms with van der Waals surface area (Å²) in [6.07, 6.45) is 3.44. The molecule has 0 aliphatic carbocycles. The number of nitrogen functional groups attached to an aromatic ring is 1. The highest BCUT2D eigenvalue weighted by molar-refractivity contribution is 5.75. The van der Waals surface area contributed by atoms with Gasteiger partial charge in [-0.2, -0.15) is 5.10 Å². The fourth-order valence-corrected chi connectivity index (χ4v) is 2.19. The van der Waals surface area contributed by atoms with Crippen molar-refractivity contribution in [3.05, 3.63) is 72.3 Å². The van der Waals surface area contributed by atoms with Gasteiger partial charge in [0.2, 0.25) is 0 Å². The van der Waals surface area contributed by atoms with E-state index < -0.39 is 0 Å². The van der Waals surface area contributed by atoms with Crippen molar-refractivity contribution in [2.75, 3.05) is 5.73 Å². The van der Waals surface area contributed by atoms with Gasteiger partial charge in [-0.25, -0.2) is 4.39 Å². The van der Waals surface area contributed by atoms with Crippen molar-refractivity contribution in [2.45, 2.75) is 6.54 Å². The fourth-order valence-electron chi connectivity index (χ4n) is 2.19. The van der Waals surface area contributed by atoms with Gasteiger partial charge in [0.25, 0.3) is 0 Å². The SMILES string of the molecule is Nc1cccc(F)c1-c1cnn(Cc2ccccc2)c1. The number of benzene rings is 2. The van der Waals surface area contributed by atoms with Crippen LogP contribution in [0, 0.1) is 5.82 Å². The summed E-state index contributed by atoms with van der Waals surface area (Å²) in [4.78, 5) is 0. The molecule has 1 aromatic heterocycles. The number of hydrogen-bond acceptors (Lipinski definition) is 2. The first-order chi connectivity index (χ1) is 9.74. The van der Waals surface area contributed by atoms with Crippen LogP contribution in [0.2, 0.25) is 0 Å². The van der Waals surface area contributed by atoms with E-state index in [0.717, 1.165) is 5.56 Å². The molecule has 4 heteroatoms. The highest BCUT2D eigenvalue weighted by Crippen LogP contribution is 2.28. The third kappa shape index (κ3) is 2.40. The molecule has 3 aromatic rings. The lowest BCUT2D eigenvalue weighted by Gasteiger charge is -2.04. The molecule has 0 saturated carbocycles. The number of aromatic nitrogens is 2. The molecule has 2 N–H and O–H groups in total. The Morgan fingerprint density at radius 1 is 1.05 bits per heavy atom. The van der Waals surface area contributed by atoms with Crippen LogP contribution in [0.4, 0.5) is 10.1 Å². The van der Waals surface area contributed by atoms with Crippen molar-refractivity contribution < 1.29 is 4.39 Å². The van der Waals surface area contributed by atoms with E-state index >= 15 is 0 Å². The molecule has 0 spiro atoms. The monoisotopic (exact) mass is 267 g/mol. The maximum absolute atomic E-state index is 13.9. The van der Waals surface area contributed by atoms with E-state index in [9.17, 15) is 4.39 Å². The van der Waals surface area contributed by atoms with Crippen LogP contribution in [0.25, 0.3) is 11.1 Å². The topological polar surface area (TPSA) is 43.8 Å². The summed E-state index contributed by atoms with van der Waals surface area (Å²) in [6, 6.07) is 14.7. The smallest absolute Gasteiger partial charge is 0.133 e. The standard InChI is InChI=1S/C16H14FN3/c17-14-7-4-8-15(18)16(14)13-9-19-20(11-13)10-12-5-2-1-3-6-12/h1-9,11H,10,18H2. The van der Waals surface area contributed by atoms with E-state index in [1.54, 1.807) is 23.0 Å². The van der Waals surface area contributed by atoms with E-state index in [1.165, 1.54) is 6.07 Å². The first-order valence-electron chi connectivity index (χ1n) is 6.35. The van der Waals surface area contributed by atoms with E-state index in [-0.39, 0.29) is 5.82 Å². The molecular formula is C16H14FN3. The predicted molar refractivity (Wildman–Crippen MR) is 77.6 cm³/mol. The summed E-state index contributed by atoms with van der Waals surface area (Å²) in [6.45, 7) is 0.648. The van der Waals surface area contributed by atoms with Crippen LogP contribution in [0.1, 0.15) is 5.56 Å². The molecule has 2 aromatic carbocycles. The van der Waals surface area contributed by atoms with Crippen molar-refractivity contribution in [3.63, 3.8) is 0 Å². The van der Waals surface area contributed by atoms with Crippen LogP contribution in [0.5, 0.6) is 0 Å². The van der Waals surface area contributed by atoms with E-state index in [0.29, 0.717) is 23.4 Å². The quantitative estimate of drug-likeness (QED) is 0.740. The molecule has 0 atom stereocenters. The van der Waals surface area contributed by atoms with E-state index in [2.05, 4.69) is 5.10 Å². The largest absolute Gasteiger partial charge is 0.398 e. The van der Waals surface area contributed by atoms with Gasteiger partial charge >= 0.3 is 0 Å². The molecule has 0 saturated heterocycles. The Balaban J connectivity index is 1.91. The van der Waals surface area contributed by atoms with Gasteiger partial charge in [0.1, 0.15) is 5.82 Å². The average molecular weight is 267 g/mol. The van der Waals surface area contributed by atoms with Gasteiger partial charge < -0.3 is 5.73 Å².